The van der Waals surface area contributed by atoms with Crippen LogP contribution in [-0.4, -0.2) is 43.6 Å². The van der Waals surface area contributed by atoms with Crippen molar-refractivity contribution in [3.05, 3.63) is 69.8 Å². The number of carbonyl (C=O) groups is 1. The summed E-state index contributed by atoms with van der Waals surface area (Å²) >= 11 is 0. The molecule has 0 saturated carbocycles. The Hall–Kier alpha value is -4.14. The fourth-order valence-electron chi connectivity index (χ4n) is 3.11. The summed E-state index contributed by atoms with van der Waals surface area (Å²) in [6, 6.07) is 10.3. The predicted molar refractivity (Wildman–Crippen MR) is 112 cm³/mol. The monoisotopic (exact) mass is 405 g/mol. The molecular formula is C21H19N5O4. The highest BCUT2D eigenvalue weighted by Gasteiger charge is 2.14. The number of aromatic nitrogens is 4. The Morgan fingerprint density at radius 1 is 1.30 bits per heavy atom. The minimum Gasteiger partial charge on any atom is -0.494 e. The number of H-pyrrole nitrogens is 2. The van der Waals surface area contributed by atoms with E-state index in [2.05, 4.69) is 20.1 Å². The summed E-state index contributed by atoms with van der Waals surface area (Å²) in [6.07, 6.45) is 2.89. The molecule has 0 spiro atoms. The van der Waals surface area contributed by atoms with Gasteiger partial charge in [0.1, 0.15) is 5.65 Å². The third-order valence-corrected chi connectivity index (χ3v) is 4.55. The average molecular weight is 405 g/mol. The van der Waals surface area contributed by atoms with Crippen LogP contribution in [0.5, 0.6) is 5.88 Å². The zero-order chi connectivity index (χ0) is 21.3. The van der Waals surface area contributed by atoms with Crippen LogP contribution in [0.25, 0.3) is 16.7 Å². The molecule has 0 amide bonds. The smallest absolute Gasteiger partial charge is 0.339 e. The lowest BCUT2D eigenvalue weighted by atomic mass is 10.1. The molecule has 30 heavy (non-hydrogen) atoms. The van der Waals surface area contributed by atoms with Gasteiger partial charge in [0.15, 0.2) is 5.88 Å². The van der Waals surface area contributed by atoms with Crippen LogP contribution in [0.15, 0.2) is 52.4 Å². The van der Waals surface area contributed by atoms with Gasteiger partial charge in [-0.1, -0.05) is 0 Å². The molecule has 0 unspecified atom stereocenters. The molecule has 0 fully saturated rings. The van der Waals surface area contributed by atoms with Gasteiger partial charge in [-0.2, -0.15) is 0 Å². The number of benzene rings is 1. The number of aryl methyl sites for hydroxylation is 1. The maximum atomic E-state index is 12.0. The van der Waals surface area contributed by atoms with Crippen molar-refractivity contribution in [1.82, 2.24) is 19.7 Å². The standard InChI is InChI=1S/C21H19N5O4/c1-3-30-21(29)13-9-16-17(20(28)24-19(16)23-10-13)11-22-14-4-6-15(7-5-14)26-12(2)8-18(27)25-26/h4-11,28H,3H2,1-2H3,(H,23,24)(H,25,27). The topological polar surface area (TPSA) is 125 Å². The third kappa shape index (κ3) is 3.60. The Morgan fingerprint density at radius 3 is 2.73 bits per heavy atom. The van der Waals surface area contributed by atoms with E-state index in [-0.39, 0.29) is 18.0 Å². The molecule has 3 N–H and O–H groups in total. The molecule has 0 radical (unpaired) electrons. The quantitative estimate of drug-likeness (QED) is 0.348. The number of fused-ring (bicyclic) bond motifs is 1. The summed E-state index contributed by atoms with van der Waals surface area (Å²) in [5, 5.41) is 13.5. The number of ether oxygens (including phenoxy) is 1. The maximum Gasteiger partial charge on any atom is 0.339 e. The van der Waals surface area contributed by atoms with Gasteiger partial charge in [0.05, 0.1) is 29.1 Å². The van der Waals surface area contributed by atoms with Crippen molar-refractivity contribution >= 4 is 28.9 Å². The summed E-state index contributed by atoms with van der Waals surface area (Å²) in [5.74, 6) is -0.580. The van der Waals surface area contributed by atoms with Crippen LogP contribution in [-0.2, 0) is 4.74 Å². The Balaban J connectivity index is 1.64. The number of nitrogens with one attached hydrogen (secondary N) is 2. The van der Waals surface area contributed by atoms with E-state index >= 15 is 0 Å². The molecule has 0 bridgehead atoms. The molecule has 9 heteroatoms. The number of aromatic amines is 2. The zero-order valence-corrected chi connectivity index (χ0v) is 16.3. The third-order valence-electron chi connectivity index (χ3n) is 4.55. The lowest BCUT2D eigenvalue weighted by Gasteiger charge is -2.05. The molecule has 0 aliphatic heterocycles. The van der Waals surface area contributed by atoms with E-state index in [9.17, 15) is 14.7 Å². The molecule has 0 aliphatic rings. The first-order valence-corrected chi connectivity index (χ1v) is 9.27. The number of hydrogen-bond donors (Lipinski definition) is 3. The Bertz CT molecular complexity index is 1310. The number of rotatable bonds is 5. The molecule has 0 aliphatic carbocycles. The Kier molecular flexibility index (Phi) is 4.93. The van der Waals surface area contributed by atoms with Gasteiger partial charge in [-0.3, -0.25) is 19.6 Å². The number of nitrogens with zero attached hydrogens (tertiary/aromatic N) is 3. The molecule has 4 aromatic rings. The van der Waals surface area contributed by atoms with Crippen molar-refractivity contribution in [2.24, 2.45) is 4.99 Å². The second-order valence-corrected chi connectivity index (χ2v) is 6.60. The Labute approximate surface area is 170 Å². The highest BCUT2D eigenvalue weighted by molar-refractivity contribution is 6.03. The molecule has 1 aromatic carbocycles. The summed E-state index contributed by atoms with van der Waals surface area (Å²) in [6.45, 7) is 3.82. The SMILES string of the molecule is CCOC(=O)c1cnc2[nH]c(O)c(C=Nc3ccc(-n4[nH]c(=O)cc4C)cc3)c2c1. The van der Waals surface area contributed by atoms with Crippen molar-refractivity contribution in [3.8, 4) is 11.6 Å². The van der Waals surface area contributed by atoms with Gasteiger partial charge in [0.25, 0.3) is 5.56 Å². The molecule has 4 rings (SSSR count). The predicted octanol–water partition coefficient (Wildman–Crippen LogP) is 2.98. The molecule has 9 nitrogen and oxygen atoms in total. The van der Waals surface area contributed by atoms with Crippen molar-refractivity contribution in [2.75, 3.05) is 6.61 Å². The number of hydrogen-bond acceptors (Lipinski definition) is 6. The van der Waals surface area contributed by atoms with Crippen LogP contribution in [0.1, 0.15) is 28.5 Å². The summed E-state index contributed by atoms with van der Waals surface area (Å²) in [7, 11) is 0. The fourth-order valence-corrected chi connectivity index (χ4v) is 3.11. The van der Waals surface area contributed by atoms with Gasteiger partial charge >= 0.3 is 5.97 Å². The lowest BCUT2D eigenvalue weighted by Crippen LogP contribution is -2.04. The first-order valence-electron chi connectivity index (χ1n) is 9.27. The van der Waals surface area contributed by atoms with Gasteiger partial charge in [-0.25, -0.2) is 9.78 Å². The van der Waals surface area contributed by atoms with E-state index in [4.69, 9.17) is 4.74 Å². The second kappa shape index (κ2) is 7.70. The van der Waals surface area contributed by atoms with Crippen LogP contribution in [0.3, 0.4) is 0 Å². The van der Waals surface area contributed by atoms with Crippen LogP contribution >= 0.6 is 0 Å². The molecule has 0 saturated heterocycles. The summed E-state index contributed by atoms with van der Waals surface area (Å²) in [5.41, 5.74) is 3.21. The van der Waals surface area contributed by atoms with E-state index < -0.39 is 5.97 Å². The zero-order valence-electron chi connectivity index (χ0n) is 16.3. The van der Waals surface area contributed by atoms with Gasteiger partial charge in [0.2, 0.25) is 0 Å². The summed E-state index contributed by atoms with van der Waals surface area (Å²) in [4.78, 5) is 34.8. The first kappa shape index (κ1) is 19.2. The van der Waals surface area contributed by atoms with E-state index in [1.807, 2.05) is 19.1 Å². The van der Waals surface area contributed by atoms with Crippen molar-refractivity contribution < 1.29 is 14.6 Å². The van der Waals surface area contributed by atoms with Crippen LogP contribution in [0.2, 0.25) is 0 Å². The van der Waals surface area contributed by atoms with Gasteiger partial charge < -0.3 is 14.8 Å². The highest BCUT2D eigenvalue weighted by atomic mass is 16.5. The molecule has 3 heterocycles. The number of aromatic hydroxyl groups is 1. The number of carbonyl (C=O) groups excluding carboxylic acids is 1. The van der Waals surface area contributed by atoms with E-state index in [0.29, 0.717) is 27.8 Å². The highest BCUT2D eigenvalue weighted by Crippen LogP contribution is 2.26. The van der Waals surface area contributed by atoms with Crippen molar-refractivity contribution in [1.29, 1.82) is 0 Å². The van der Waals surface area contributed by atoms with E-state index in [1.54, 1.807) is 29.8 Å². The van der Waals surface area contributed by atoms with Gasteiger partial charge in [-0.05, 0) is 44.2 Å². The number of aliphatic imine (C=N–C) groups is 1. The second-order valence-electron chi connectivity index (χ2n) is 6.60. The lowest BCUT2D eigenvalue weighted by molar-refractivity contribution is 0.0526. The molecule has 3 aromatic heterocycles. The van der Waals surface area contributed by atoms with Crippen LogP contribution in [0.4, 0.5) is 5.69 Å². The van der Waals surface area contributed by atoms with E-state index in [1.165, 1.54) is 18.5 Å². The molecular weight excluding hydrogens is 386 g/mol. The minimum atomic E-state index is -0.482. The number of pyridine rings is 1. The number of esters is 1. The Morgan fingerprint density at radius 2 is 2.07 bits per heavy atom. The van der Waals surface area contributed by atoms with Crippen molar-refractivity contribution in [3.63, 3.8) is 0 Å². The average Bonchev–Trinajstić information content (AvgIpc) is 3.23. The summed E-state index contributed by atoms with van der Waals surface area (Å²) < 4.78 is 6.69. The van der Waals surface area contributed by atoms with E-state index in [0.717, 1.165) is 11.4 Å². The largest absolute Gasteiger partial charge is 0.494 e. The van der Waals surface area contributed by atoms with Gasteiger partial charge in [0, 0.05) is 29.6 Å². The fraction of sp³-hybridized carbons (Fsp3) is 0.143. The van der Waals surface area contributed by atoms with Crippen LogP contribution < -0.4 is 5.56 Å². The minimum absolute atomic E-state index is 0.0978. The van der Waals surface area contributed by atoms with Crippen LogP contribution in [0, 0.1) is 6.92 Å². The molecule has 152 valence electrons. The first-order chi connectivity index (χ1) is 14.5. The maximum absolute atomic E-state index is 12.0. The molecule has 0 atom stereocenters. The normalized spacial score (nSPS) is 11.4. The van der Waals surface area contributed by atoms with Crippen molar-refractivity contribution in [2.45, 2.75) is 13.8 Å². The van der Waals surface area contributed by atoms with Gasteiger partial charge in [-0.15, -0.1) is 0 Å².